The number of benzene rings is 1. The van der Waals surface area contributed by atoms with Gasteiger partial charge in [0, 0.05) is 6.42 Å². The first kappa shape index (κ1) is 16.1. The van der Waals surface area contributed by atoms with Crippen LogP contribution < -0.4 is 4.74 Å². The van der Waals surface area contributed by atoms with Gasteiger partial charge >= 0.3 is 0 Å². The van der Waals surface area contributed by atoms with Crippen molar-refractivity contribution in [1.82, 2.24) is 4.90 Å². The summed E-state index contributed by atoms with van der Waals surface area (Å²) in [5.74, 6) is 1.24. The SMILES string of the molecule is COc1cc2c(cc1N=O)C(CCC(=O)CN1CCCC1)CC2. The maximum Gasteiger partial charge on any atom is 0.150 e. The second-order valence-corrected chi connectivity index (χ2v) is 6.61. The summed E-state index contributed by atoms with van der Waals surface area (Å²) in [5, 5.41) is 3.07. The normalized spacial score (nSPS) is 20.5. The van der Waals surface area contributed by atoms with Gasteiger partial charge in [-0.2, -0.15) is 0 Å². The zero-order valence-corrected chi connectivity index (χ0v) is 13.7. The highest BCUT2D eigenvalue weighted by Crippen LogP contribution is 2.42. The van der Waals surface area contributed by atoms with Gasteiger partial charge < -0.3 is 4.74 Å². The lowest BCUT2D eigenvalue weighted by Gasteiger charge is -2.15. The number of methoxy groups -OCH3 is 1. The Kier molecular flexibility index (Phi) is 5.06. The Hall–Kier alpha value is -1.75. The molecule has 1 aromatic rings. The minimum atomic E-state index is 0.336. The summed E-state index contributed by atoms with van der Waals surface area (Å²) in [5.41, 5.74) is 2.77. The molecule has 1 aliphatic carbocycles. The number of fused-ring (bicyclic) bond motifs is 1. The number of hydrogen-bond donors (Lipinski definition) is 0. The average molecular weight is 316 g/mol. The van der Waals surface area contributed by atoms with Gasteiger partial charge in [0.25, 0.3) is 0 Å². The molecular formula is C18H24N2O3. The van der Waals surface area contributed by atoms with Gasteiger partial charge in [0.05, 0.1) is 13.7 Å². The molecule has 1 aliphatic heterocycles. The Morgan fingerprint density at radius 1 is 1.35 bits per heavy atom. The van der Waals surface area contributed by atoms with E-state index < -0.39 is 0 Å². The summed E-state index contributed by atoms with van der Waals surface area (Å²) in [7, 11) is 1.56. The number of aryl methyl sites for hydroxylation is 1. The molecule has 5 nitrogen and oxygen atoms in total. The molecular weight excluding hydrogens is 292 g/mol. The highest BCUT2D eigenvalue weighted by atomic mass is 16.5. The topological polar surface area (TPSA) is 59.0 Å². The van der Waals surface area contributed by atoms with Crippen molar-refractivity contribution in [3.05, 3.63) is 28.2 Å². The van der Waals surface area contributed by atoms with E-state index in [1.54, 1.807) is 7.11 Å². The van der Waals surface area contributed by atoms with Crippen molar-refractivity contribution in [2.24, 2.45) is 5.18 Å². The van der Waals surface area contributed by atoms with Crippen molar-refractivity contribution in [1.29, 1.82) is 0 Å². The van der Waals surface area contributed by atoms with Crippen LogP contribution in [0.15, 0.2) is 17.3 Å². The number of ketones is 1. The highest BCUT2D eigenvalue weighted by molar-refractivity contribution is 5.80. The average Bonchev–Trinajstić information content (AvgIpc) is 3.20. The fourth-order valence-electron chi connectivity index (χ4n) is 3.85. The van der Waals surface area contributed by atoms with E-state index >= 15 is 0 Å². The van der Waals surface area contributed by atoms with Gasteiger partial charge in [-0.1, -0.05) is 0 Å². The van der Waals surface area contributed by atoms with Crippen molar-refractivity contribution in [2.45, 2.75) is 44.4 Å². The lowest BCUT2D eigenvalue weighted by molar-refractivity contribution is -0.120. The Balaban J connectivity index is 1.61. The summed E-state index contributed by atoms with van der Waals surface area (Å²) >= 11 is 0. The van der Waals surface area contributed by atoms with Crippen LogP contribution in [0.25, 0.3) is 0 Å². The third-order valence-corrected chi connectivity index (χ3v) is 5.11. The fourth-order valence-corrected chi connectivity index (χ4v) is 3.85. The van der Waals surface area contributed by atoms with Gasteiger partial charge in [0.2, 0.25) is 0 Å². The van der Waals surface area contributed by atoms with Crippen molar-refractivity contribution in [3.8, 4) is 5.75 Å². The number of nitroso groups, excluding NO2 is 1. The van der Waals surface area contributed by atoms with E-state index in [-0.39, 0.29) is 0 Å². The third kappa shape index (κ3) is 3.61. The fraction of sp³-hybridized carbons (Fsp3) is 0.611. The number of ether oxygens (including phenoxy) is 1. The van der Waals surface area contributed by atoms with Crippen LogP contribution in [0.4, 0.5) is 5.69 Å². The van der Waals surface area contributed by atoms with E-state index in [0.29, 0.717) is 36.1 Å². The Labute approximate surface area is 137 Å². The molecule has 1 aromatic carbocycles. The Bertz CT molecular complexity index is 594. The van der Waals surface area contributed by atoms with Crippen LogP contribution >= 0.6 is 0 Å². The molecule has 3 rings (SSSR count). The third-order valence-electron chi connectivity index (χ3n) is 5.11. The van der Waals surface area contributed by atoms with Crippen LogP contribution in [0.1, 0.15) is 49.1 Å². The van der Waals surface area contributed by atoms with Gasteiger partial charge in [-0.25, -0.2) is 0 Å². The first-order chi connectivity index (χ1) is 11.2. The molecule has 0 radical (unpaired) electrons. The quantitative estimate of drug-likeness (QED) is 0.722. The highest BCUT2D eigenvalue weighted by Gasteiger charge is 2.26. The molecule has 5 heteroatoms. The van der Waals surface area contributed by atoms with Crippen molar-refractivity contribution in [3.63, 3.8) is 0 Å². The van der Waals surface area contributed by atoms with E-state index in [9.17, 15) is 9.70 Å². The summed E-state index contributed by atoms with van der Waals surface area (Å²) in [6, 6.07) is 3.78. The maximum atomic E-state index is 12.2. The van der Waals surface area contributed by atoms with Crippen LogP contribution in [-0.4, -0.2) is 37.4 Å². The molecule has 0 spiro atoms. The van der Waals surface area contributed by atoms with E-state index in [4.69, 9.17) is 4.74 Å². The molecule has 1 atom stereocenters. The zero-order chi connectivity index (χ0) is 16.2. The second kappa shape index (κ2) is 7.21. The van der Waals surface area contributed by atoms with Gasteiger partial charge in [-0.3, -0.25) is 9.69 Å². The molecule has 0 aromatic heterocycles. The van der Waals surface area contributed by atoms with Crippen LogP contribution in [0.5, 0.6) is 5.75 Å². The molecule has 1 heterocycles. The molecule has 0 N–H and O–H groups in total. The van der Waals surface area contributed by atoms with Gasteiger partial charge in [0.1, 0.15) is 17.2 Å². The molecule has 124 valence electrons. The smallest absolute Gasteiger partial charge is 0.150 e. The summed E-state index contributed by atoms with van der Waals surface area (Å²) in [6.07, 6.45) is 5.94. The molecule has 1 fully saturated rings. The number of carbonyl (C=O) groups excluding carboxylic acids is 1. The van der Waals surface area contributed by atoms with Crippen LogP contribution in [-0.2, 0) is 11.2 Å². The van der Waals surface area contributed by atoms with E-state index in [0.717, 1.165) is 32.4 Å². The molecule has 0 amide bonds. The first-order valence-electron chi connectivity index (χ1n) is 8.49. The Morgan fingerprint density at radius 2 is 2.13 bits per heavy atom. The zero-order valence-electron chi connectivity index (χ0n) is 13.7. The number of Topliss-reactive ketones (excluding diaryl/α,β-unsaturated/α-hetero) is 1. The van der Waals surface area contributed by atoms with Crippen LogP contribution in [0.3, 0.4) is 0 Å². The van der Waals surface area contributed by atoms with Gasteiger partial charge in [0.15, 0.2) is 0 Å². The lowest BCUT2D eigenvalue weighted by atomic mass is 9.94. The number of nitrogens with zero attached hydrogens (tertiary/aromatic N) is 2. The second-order valence-electron chi connectivity index (χ2n) is 6.61. The lowest BCUT2D eigenvalue weighted by Crippen LogP contribution is -2.26. The van der Waals surface area contributed by atoms with Crippen LogP contribution in [0, 0.1) is 4.91 Å². The van der Waals surface area contributed by atoms with E-state index in [2.05, 4.69) is 10.1 Å². The predicted octanol–water partition coefficient (Wildman–Crippen LogP) is 3.57. The van der Waals surface area contributed by atoms with Gasteiger partial charge in [-0.15, -0.1) is 4.91 Å². The summed E-state index contributed by atoms with van der Waals surface area (Å²) < 4.78 is 5.22. The van der Waals surface area contributed by atoms with E-state index in [1.807, 2.05) is 12.1 Å². The molecule has 1 saturated heterocycles. The number of carbonyl (C=O) groups is 1. The standard InChI is InChI=1S/C18H24N2O3/c1-23-18-10-14-5-4-13(16(14)11-17(18)19-22)6-7-15(21)12-20-8-2-3-9-20/h10-11,13H,2-9,12H2,1H3. The van der Waals surface area contributed by atoms with Gasteiger partial charge in [-0.05, 0) is 79.5 Å². The molecule has 0 bridgehead atoms. The Morgan fingerprint density at radius 3 is 2.83 bits per heavy atom. The first-order valence-corrected chi connectivity index (χ1v) is 8.49. The molecule has 0 saturated carbocycles. The molecule has 2 aliphatic rings. The minimum absolute atomic E-state index is 0.336. The largest absolute Gasteiger partial charge is 0.494 e. The van der Waals surface area contributed by atoms with E-state index in [1.165, 1.54) is 24.0 Å². The number of rotatable bonds is 7. The summed E-state index contributed by atoms with van der Waals surface area (Å²) in [4.78, 5) is 25.4. The monoisotopic (exact) mass is 316 g/mol. The minimum Gasteiger partial charge on any atom is -0.494 e. The number of hydrogen-bond acceptors (Lipinski definition) is 5. The molecule has 23 heavy (non-hydrogen) atoms. The van der Waals surface area contributed by atoms with Crippen LogP contribution in [0.2, 0.25) is 0 Å². The number of likely N-dealkylation sites (tertiary alicyclic amines) is 1. The van der Waals surface area contributed by atoms with Crippen molar-refractivity contribution >= 4 is 11.5 Å². The van der Waals surface area contributed by atoms with Crippen molar-refractivity contribution in [2.75, 3.05) is 26.7 Å². The maximum absolute atomic E-state index is 12.2. The summed E-state index contributed by atoms with van der Waals surface area (Å²) in [6.45, 7) is 2.72. The molecule has 1 unspecified atom stereocenters. The van der Waals surface area contributed by atoms with Crippen molar-refractivity contribution < 1.29 is 9.53 Å². The predicted molar refractivity (Wildman–Crippen MR) is 89.4 cm³/mol.